The molecule has 0 aliphatic carbocycles. The summed E-state index contributed by atoms with van der Waals surface area (Å²) in [5, 5.41) is 12.3. The molecule has 0 saturated heterocycles. The largest absolute Gasteiger partial charge is 0.357 e. The van der Waals surface area contributed by atoms with Gasteiger partial charge in [-0.25, -0.2) is 9.67 Å². The van der Waals surface area contributed by atoms with Crippen LogP contribution in [0.15, 0.2) is 47.7 Å². The van der Waals surface area contributed by atoms with Gasteiger partial charge in [-0.3, -0.25) is 4.99 Å². The molecule has 0 saturated carbocycles. The molecule has 8 heteroatoms. The predicted molar refractivity (Wildman–Crippen MR) is 132 cm³/mol. The molecule has 0 atom stereocenters. The Morgan fingerprint density at radius 3 is 2.62 bits per heavy atom. The van der Waals surface area contributed by atoms with Crippen molar-refractivity contribution >= 4 is 41.3 Å². The Balaban J connectivity index is 0.00000300. The van der Waals surface area contributed by atoms with Crippen molar-refractivity contribution in [2.24, 2.45) is 4.99 Å². The molecule has 0 spiro atoms. The molecule has 0 amide bonds. The van der Waals surface area contributed by atoms with E-state index in [2.05, 4.69) is 64.8 Å². The molecule has 156 valence electrons. The van der Waals surface area contributed by atoms with Gasteiger partial charge in [0.25, 0.3) is 0 Å². The molecule has 0 unspecified atom stereocenters. The van der Waals surface area contributed by atoms with Gasteiger partial charge in [-0.05, 0) is 44.9 Å². The number of benzene rings is 1. The molecular weight excluding hydrogens is 495 g/mol. The fraction of sp³-hybridized carbons (Fsp3) is 0.381. The monoisotopic (exact) mass is 524 g/mol. The van der Waals surface area contributed by atoms with E-state index in [4.69, 9.17) is 0 Å². The van der Waals surface area contributed by atoms with Crippen molar-refractivity contribution in [3.63, 3.8) is 0 Å². The molecule has 0 radical (unpaired) electrons. The smallest absolute Gasteiger partial charge is 0.191 e. The number of halogens is 1. The zero-order valence-electron chi connectivity index (χ0n) is 17.2. The van der Waals surface area contributed by atoms with Crippen LogP contribution >= 0.6 is 35.3 Å². The molecule has 2 heterocycles. The summed E-state index contributed by atoms with van der Waals surface area (Å²) in [7, 11) is 0. The van der Waals surface area contributed by atoms with Crippen molar-refractivity contribution in [1.82, 2.24) is 25.4 Å². The molecule has 0 bridgehead atoms. The quantitative estimate of drug-likeness (QED) is 0.267. The van der Waals surface area contributed by atoms with Gasteiger partial charge in [0.05, 0.1) is 22.6 Å². The van der Waals surface area contributed by atoms with E-state index in [-0.39, 0.29) is 24.0 Å². The fourth-order valence-electron chi connectivity index (χ4n) is 2.79. The number of thiazole rings is 1. The molecule has 0 aliphatic rings. The van der Waals surface area contributed by atoms with Crippen LogP contribution in [0.2, 0.25) is 0 Å². The Hall–Kier alpha value is -1.94. The molecule has 29 heavy (non-hydrogen) atoms. The third-order valence-corrected chi connectivity index (χ3v) is 5.51. The Morgan fingerprint density at radius 1 is 1.14 bits per heavy atom. The highest BCUT2D eigenvalue weighted by Gasteiger charge is 2.04. The Kier molecular flexibility index (Phi) is 9.59. The number of aromatic nitrogens is 3. The molecular formula is C21H29IN6S. The topological polar surface area (TPSA) is 67.1 Å². The average Bonchev–Trinajstić information content (AvgIpc) is 3.29. The Labute approximate surface area is 193 Å². The molecule has 2 N–H and O–H groups in total. The van der Waals surface area contributed by atoms with Crippen LogP contribution in [-0.2, 0) is 12.8 Å². The molecule has 2 aromatic heterocycles. The minimum absolute atomic E-state index is 0. The molecule has 3 rings (SSSR count). The van der Waals surface area contributed by atoms with Gasteiger partial charge in [-0.15, -0.1) is 35.3 Å². The van der Waals surface area contributed by atoms with Crippen LogP contribution < -0.4 is 10.6 Å². The molecule has 0 fully saturated rings. The van der Waals surface area contributed by atoms with E-state index in [1.807, 2.05) is 29.1 Å². The first-order chi connectivity index (χ1) is 13.7. The lowest BCUT2D eigenvalue weighted by Crippen LogP contribution is -2.38. The van der Waals surface area contributed by atoms with Crippen LogP contribution in [0.3, 0.4) is 0 Å². The first-order valence-electron chi connectivity index (χ1n) is 9.69. The summed E-state index contributed by atoms with van der Waals surface area (Å²) in [5.41, 5.74) is 3.40. The van der Waals surface area contributed by atoms with Gasteiger partial charge in [-0.1, -0.05) is 18.2 Å². The van der Waals surface area contributed by atoms with Crippen LogP contribution in [0.1, 0.15) is 28.1 Å². The second-order valence-corrected chi connectivity index (χ2v) is 7.85. The summed E-state index contributed by atoms with van der Waals surface area (Å²) >= 11 is 1.76. The van der Waals surface area contributed by atoms with E-state index < -0.39 is 0 Å². The van der Waals surface area contributed by atoms with E-state index >= 15 is 0 Å². The number of aliphatic imine (C=N–C) groups is 1. The van der Waals surface area contributed by atoms with Crippen molar-refractivity contribution < 1.29 is 0 Å². The van der Waals surface area contributed by atoms with Crippen molar-refractivity contribution in [2.75, 3.05) is 19.6 Å². The summed E-state index contributed by atoms with van der Waals surface area (Å²) in [5.74, 6) is 0.850. The van der Waals surface area contributed by atoms with Gasteiger partial charge in [0, 0.05) is 37.1 Å². The Morgan fingerprint density at radius 2 is 1.93 bits per heavy atom. The maximum atomic E-state index is 4.67. The lowest BCUT2D eigenvalue weighted by Gasteiger charge is -2.10. The maximum absolute atomic E-state index is 4.67. The number of nitrogens with zero attached hydrogens (tertiary/aromatic N) is 4. The standard InChI is InChI=1S/C21H28N6S.HI/c1-4-22-21(24-13-11-20-26-16(2)17(3)28-20)23-12-10-18-14-25-27(15-18)19-8-6-5-7-9-19;/h5-9,14-15H,4,10-13H2,1-3H3,(H2,22,23,24);1H. The molecule has 6 nitrogen and oxygen atoms in total. The van der Waals surface area contributed by atoms with Gasteiger partial charge in [-0.2, -0.15) is 5.10 Å². The van der Waals surface area contributed by atoms with E-state index in [0.29, 0.717) is 0 Å². The number of nitrogens with one attached hydrogen (secondary N) is 2. The lowest BCUT2D eigenvalue weighted by molar-refractivity contribution is 0.795. The lowest BCUT2D eigenvalue weighted by atomic mass is 10.2. The number of hydrogen-bond donors (Lipinski definition) is 2. The summed E-state index contributed by atoms with van der Waals surface area (Å²) in [6, 6.07) is 10.2. The normalized spacial score (nSPS) is 11.2. The van der Waals surface area contributed by atoms with Crippen LogP contribution in [-0.4, -0.2) is 40.4 Å². The summed E-state index contributed by atoms with van der Waals surface area (Å²) in [4.78, 5) is 10.5. The fourth-order valence-corrected chi connectivity index (χ4v) is 3.71. The van der Waals surface area contributed by atoms with Gasteiger partial charge in [0.15, 0.2) is 5.96 Å². The average molecular weight is 524 g/mol. The highest BCUT2D eigenvalue weighted by Crippen LogP contribution is 2.16. The van der Waals surface area contributed by atoms with Crippen molar-refractivity contribution in [3.8, 4) is 5.69 Å². The SMILES string of the molecule is CCNC(=NCCc1nc(C)c(C)s1)NCCc1cnn(-c2ccccc2)c1.I. The summed E-state index contributed by atoms with van der Waals surface area (Å²) < 4.78 is 1.91. The number of guanidine groups is 1. The molecule has 1 aromatic carbocycles. The molecule has 0 aliphatic heterocycles. The second kappa shape index (κ2) is 11.9. The highest BCUT2D eigenvalue weighted by molar-refractivity contribution is 14.0. The number of rotatable bonds is 8. The van der Waals surface area contributed by atoms with Crippen LogP contribution in [0.25, 0.3) is 5.69 Å². The van der Waals surface area contributed by atoms with Crippen LogP contribution in [0.5, 0.6) is 0 Å². The summed E-state index contributed by atoms with van der Waals surface area (Å²) in [6.45, 7) is 8.63. The Bertz CT molecular complexity index is 884. The third kappa shape index (κ3) is 7.11. The zero-order chi connectivity index (χ0) is 19.8. The number of para-hydroxylation sites is 1. The van der Waals surface area contributed by atoms with E-state index in [1.165, 1.54) is 10.4 Å². The van der Waals surface area contributed by atoms with E-state index in [1.54, 1.807) is 11.3 Å². The minimum Gasteiger partial charge on any atom is -0.357 e. The van der Waals surface area contributed by atoms with Crippen molar-refractivity contribution in [2.45, 2.75) is 33.6 Å². The maximum Gasteiger partial charge on any atom is 0.191 e. The third-order valence-electron chi connectivity index (χ3n) is 4.38. The first kappa shape index (κ1) is 23.3. The predicted octanol–water partition coefficient (Wildman–Crippen LogP) is 3.90. The zero-order valence-corrected chi connectivity index (χ0v) is 20.3. The van der Waals surface area contributed by atoms with E-state index in [9.17, 15) is 0 Å². The van der Waals surface area contributed by atoms with Crippen LogP contribution in [0, 0.1) is 13.8 Å². The van der Waals surface area contributed by atoms with Gasteiger partial charge >= 0.3 is 0 Å². The first-order valence-corrected chi connectivity index (χ1v) is 10.5. The second-order valence-electron chi connectivity index (χ2n) is 6.57. The summed E-state index contributed by atoms with van der Waals surface area (Å²) in [6.07, 6.45) is 5.77. The minimum atomic E-state index is 0. The number of hydrogen-bond acceptors (Lipinski definition) is 4. The van der Waals surface area contributed by atoms with Gasteiger partial charge < -0.3 is 10.6 Å². The van der Waals surface area contributed by atoms with Gasteiger partial charge in [0.1, 0.15) is 0 Å². The van der Waals surface area contributed by atoms with Gasteiger partial charge in [0.2, 0.25) is 0 Å². The van der Waals surface area contributed by atoms with Crippen molar-refractivity contribution in [3.05, 3.63) is 63.9 Å². The molecule has 3 aromatic rings. The van der Waals surface area contributed by atoms with E-state index in [0.717, 1.165) is 54.8 Å². The number of aryl methyl sites for hydroxylation is 2. The highest BCUT2D eigenvalue weighted by atomic mass is 127. The van der Waals surface area contributed by atoms with Crippen LogP contribution in [0.4, 0.5) is 0 Å². The van der Waals surface area contributed by atoms with Crippen molar-refractivity contribution in [1.29, 1.82) is 0 Å².